The number of rotatable bonds is 9. The summed E-state index contributed by atoms with van der Waals surface area (Å²) in [4.78, 5) is 22.6. The molecule has 0 atom stereocenters. The number of phenols is 1. The molecule has 0 saturated heterocycles. The van der Waals surface area contributed by atoms with Gasteiger partial charge in [-0.25, -0.2) is 9.59 Å². The Balaban J connectivity index is 0.000000192. The molecule has 0 fully saturated rings. The topological polar surface area (TPSA) is 104 Å². The van der Waals surface area contributed by atoms with Crippen molar-refractivity contribution in [1.29, 1.82) is 0 Å². The smallest absolute Gasteiger partial charge is 0.335 e. The van der Waals surface area contributed by atoms with Crippen LogP contribution >= 0.6 is 55.1 Å². The van der Waals surface area contributed by atoms with E-state index in [1.807, 2.05) is 36.4 Å². The van der Waals surface area contributed by atoms with Gasteiger partial charge in [0.05, 0.1) is 21.2 Å². The maximum Gasteiger partial charge on any atom is 0.335 e. The van der Waals surface area contributed by atoms with Crippen molar-refractivity contribution in [3.05, 3.63) is 161 Å². The number of hydrogen-bond donors (Lipinski definition) is 3. The molecule has 0 aromatic heterocycles. The van der Waals surface area contributed by atoms with E-state index in [4.69, 9.17) is 33.0 Å². The van der Waals surface area contributed by atoms with E-state index in [0.717, 1.165) is 92.2 Å². The second kappa shape index (κ2) is 17.2. The minimum Gasteiger partial charge on any atom is -0.507 e. The van der Waals surface area contributed by atoms with Gasteiger partial charge in [0.15, 0.2) is 0 Å². The summed E-state index contributed by atoms with van der Waals surface area (Å²) >= 11 is 19.2. The maximum atomic E-state index is 11.4. The van der Waals surface area contributed by atoms with Gasteiger partial charge in [-0.1, -0.05) is 85.4 Å². The van der Waals surface area contributed by atoms with Crippen molar-refractivity contribution < 1.29 is 29.6 Å². The number of halogens is 4. The highest BCUT2D eigenvalue weighted by Gasteiger charge is 2.23. The molecule has 0 bridgehead atoms. The van der Waals surface area contributed by atoms with Crippen LogP contribution in [-0.4, -0.2) is 27.3 Å². The molecule has 53 heavy (non-hydrogen) atoms. The molecule has 3 N–H and O–H groups in total. The van der Waals surface area contributed by atoms with Crippen molar-refractivity contribution in [2.45, 2.75) is 45.1 Å². The van der Waals surface area contributed by atoms with Gasteiger partial charge in [0.1, 0.15) is 18.1 Å². The van der Waals surface area contributed by atoms with Crippen LogP contribution in [0.1, 0.15) is 87.1 Å². The third-order valence-electron chi connectivity index (χ3n) is 9.28. The number of phenolic OH excluding ortho intramolecular Hbond substituents is 1. The molecule has 10 heteroatoms. The maximum absolute atomic E-state index is 11.4. The summed E-state index contributed by atoms with van der Waals surface area (Å²) in [5, 5.41) is 29.7. The summed E-state index contributed by atoms with van der Waals surface area (Å²) in [7, 11) is 0. The fraction of sp³-hybridized carbons (Fsp3) is 0.163. The molecule has 0 spiro atoms. The standard InChI is InChI=1S/C25H19BrCl2O3.C18H15BrO3/c26-18-8-10-24(31-14-15-7-9-22(27)23(28)11-15)21(13-18)20-6-2-5-19(20)16-3-1-4-17(12-16)25(29)30;19-13-7-8-17(20)16(10-13)15-6-2-5-14(15)11-3-1-4-12(9-11)18(21)22/h1,3-4,7-13H,2,5-6,14H2,(H,29,30);1,3-4,7-10,20H,2,5-6H2,(H,21,22). The molecule has 5 aromatic carbocycles. The molecule has 270 valence electrons. The molecule has 0 unspecified atom stereocenters. The first-order valence-electron chi connectivity index (χ1n) is 17.0. The van der Waals surface area contributed by atoms with Crippen LogP contribution in [0.2, 0.25) is 10.0 Å². The van der Waals surface area contributed by atoms with Gasteiger partial charge in [-0.15, -0.1) is 0 Å². The normalized spacial score (nSPS) is 13.9. The molecule has 2 aliphatic rings. The van der Waals surface area contributed by atoms with Crippen LogP contribution in [0.4, 0.5) is 0 Å². The van der Waals surface area contributed by atoms with Gasteiger partial charge in [-0.05, 0) is 150 Å². The Kier molecular flexibility index (Phi) is 12.5. The van der Waals surface area contributed by atoms with E-state index in [1.165, 1.54) is 11.1 Å². The molecular weight excluding hydrogens is 843 g/mol. The van der Waals surface area contributed by atoms with Crippen LogP contribution in [0.25, 0.3) is 22.3 Å². The highest BCUT2D eigenvalue weighted by molar-refractivity contribution is 9.10. The van der Waals surface area contributed by atoms with Crippen molar-refractivity contribution >= 4 is 89.3 Å². The van der Waals surface area contributed by atoms with Crippen LogP contribution in [0.5, 0.6) is 11.5 Å². The number of aromatic carboxylic acids is 2. The molecule has 0 heterocycles. The van der Waals surface area contributed by atoms with Crippen molar-refractivity contribution in [2.24, 2.45) is 0 Å². The van der Waals surface area contributed by atoms with Gasteiger partial charge in [0.25, 0.3) is 0 Å². The predicted octanol–water partition coefficient (Wildman–Crippen LogP) is 13.1. The number of allylic oxidation sites excluding steroid dienone is 4. The molecule has 0 saturated carbocycles. The van der Waals surface area contributed by atoms with E-state index < -0.39 is 11.9 Å². The summed E-state index contributed by atoms with van der Waals surface area (Å²) in [6.45, 7) is 0.364. The van der Waals surface area contributed by atoms with Crippen LogP contribution in [0.15, 0.2) is 112 Å². The molecule has 2 aliphatic carbocycles. The zero-order chi connectivity index (χ0) is 37.6. The molecule has 0 aliphatic heterocycles. The second-order valence-electron chi connectivity index (χ2n) is 12.7. The number of carboxylic acid groups (broad SMARTS) is 2. The predicted molar refractivity (Wildman–Crippen MR) is 219 cm³/mol. The molecule has 6 nitrogen and oxygen atoms in total. The van der Waals surface area contributed by atoms with Crippen molar-refractivity contribution in [3.8, 4) is 11.5 Å². The van der Waals surface area contributed by atoms with Crippen LogP contribution in [-0.2, 0) is 6.61 Å². The Morgan fingerprint density at radius 1 is 0.604 bits per heavy atom. The van der Waals surface area contributed by atoms with E-state index in [0.29, 0.717) is 22.2 Å². The molecule has 5 aromatic rings. The minimum atomic E-state index is -0.924. The molecular formula is C43H34Br2Cl2O6. The lowest BCUT2D eigenvalue weighted by atomic mass is 9.95. The Morgan fingerprint density at radius 2 is 1.13 bits per heavy atom. The summed E-state index contributed by atoms with van der Waals surface area (Å²) in [6, 6.07) is 31.0. The van der Waals surface area contributed by atoms with E-state index in [9.17, 15) is 19.8 Å². The van der Waals surface area contributed by atoms with Gasteiger partial charge in [0.2, 0.25) is 0 Å². The van der Waals surface area contributed by atoms with Gasteiger partial charge >= 0.3 is 11.9 Å². The fourth-order valence-corrected chi connectivity index (χ4v) is 7.85. The fourth-order valence-electron chi connectivity index (χ4n) is 6.80. The third kappa shape index (κ3) is 9.25. The second-order valence-corrected chi connectivity index (χ2v) is 15.4. The number of carbonyl (C=O) groups is 2. The molecule has 7 rings (SSSR count). The first-order chi connectivity index (χ1) is 25.5. The summed E-state index contributed by atoms with van der Waals surface area (Å²) < 4.78 is 8.06. The third-order valence-corrected chi connectivity index (χ3v) is 11.0. The van der Waals surface area contributed by atoms with E-state index in [2.05, 4.69) is 37.9 Å². The van der Waals surface area contributed by atoms with Crippen molar-refractivity contribution in [3.63, 3.8) is 0 Å². The Bertz CT molecular complexity index is 2280. The minimum absolute atomic E-state index is 0.256. The largest absolute Gasteiger partial charge is 0.507 e. The van der Waals surface area contributed by atoms with E-state index in [-0.39, 0.29) is 11.3 Å². The SMILES string of the molecule is O=C(O)c1cccc(C2=C(c3cc(Br)ccc3O)CCC2)c1.O=C(O)c1cccc(C2=C(c3cc(Br)ccc3OCc3ccc(Cl)c(Cl)c3)CCC2)c1. The monoisotopic (exact) mass is 874 g/mol. The highest BCUT2D eigenvalue weighted by atomic mass is 79.9. The zero-order valence-electron chi connectivity index (χ0n) is 28.3. The van der Waals surface area contributed by atoms with Crippen molar-refractivity contribution in [1.82, 2.24) is 0 Å². The first-order valence-corrected chi connectivity index (χ1v) is 19.3. The van der Waals surface area contributed by atoms with E-state index in [1.54, 1.807) is 60.7 Å². The Morgan fingerprint density at radius 3 is 1.70 bits per heavy atom. The zero-order valence-corrected chi connectivity index (χ0v) is 33.0. The summed E-state index contributed by atoms with van der Waals surface area (Å²) in [5.74, 6) is -0.813. The summed E-state index contributed by atoms with van der Waals surface area (Å²) in [5.41, 5.74) is 9.79. The lowest BCUT2D eigenvalue weighted by Gasteiger charge is -2.16. The average molecular weight is 877 g/mol. The van der Waals surface area contributed by atoms with Crippen molar-refractivity contribution in [2.75, 3.05) is 0 Å². The first kappa shape index (κ1) is 38.4. The Labute approximate surface area is 334 Å². The summed E-state index contributed by atoms with van der Waals surface area (Å²) in [6.07, 6.45) is 5.61. The van der Waals surface area contributed by atoms with Gasteiger partial charge in [-0.2, -0.15) is 0 Å². The number of ether oxygens (including phenoxy) is 1. The quantitative estimate of drug-likeness (QED) is 0.136. The molecule has 0 radical (unpaired) electrons. The van der Waals surface area contributed by atoms with Crippen LogP contribution < -0.4 is 4.74 Å². The number of aromatic hydroxyl groups is 1. The van der Waals surface area contributed by atoms with E-state index >= 15 is 0 Å². The average Bonchev–Trinajstić information content (AvgIpc) is 3.85. The van der Waals surface area contributed by atoms with Crippen LogP contribution in [0, 0.1) is 0 Å². The number of hydrogen-bond acceptors (Lipinski definition) is 4. The lowest BCUT2D eigenvalue weighted by molar-refractivity contribution is 0.0686. The van der Waals surface area contributed by atoms with Gasteiger partial charge in [-0.3, -0.25) is 0 Å². The van der Waals surface area contributed by atoms with Gasteiger partial charge < -0.3 is 20.1 Å². The van der Waals surface area contributed by atoms with Gasteiger partial charge in [0, 0.05) is 20.1 Å². The van der Waals surface area contributed by atoms with Crippen LogP contribution in [0.3, 0.4) is 0 Å². The lowest BCUT2D eigenvalue weighted by Crippen LogP contribution is -2.00. The Hall–Kier alpha value is -4.34. The highest BCUT2D eigenvalue weighted by Crippen LogP contribution is 2.45. The molecule has 0 amide bonds. The number of carboxylic acids is 2. The number of benzene rings is 5.